The third-order valence-electron chi connectivity index (χ3n) is 5.32. The summed E-state index contributed by atoms with van der Waals surface area (Å²) in [6.45, 7) is 2.19. The van der Waals surface area contributed by atoms with Crippen LogP contribution >= 0.6 is 11.6 Å². The van der Waals surface area contributed by atoms with E-state index in [4.69, 9.17) is 16.7 Å². The van der Waals surface area contributed by atoms with Gasteiger partial charge >= 0.3 is 5.97 Å². The molecule has 0 amide bonds. The van der Waals surface area contributed by atoms with Gasteiger partial charge in [0.15, 0.2) is 0 Å². The van der Waals surface area contributed by atoms with Gasteiger partial charge in [-0.3, -0.25) is 14.7 Å². The zero-order valence-electron chi connectivity index (χ0n) is 18.7. The summed E-state index contributed by atoms with van der Waals surface area (Å²) in [5, 5.41) is 9.55. The second-order valence-electron chi connectivity index (χ2n) is 7.94. The van der Waals surface area contributed by atoms with Crippen LogP contribution < -0.4 is 4.72 Å². The molecule has 3 rings (SSSR count). The number of halogens is 1. The van der Waals surface area contributed by atoms with Crippen LogP contribution in [0.2, 0.25) is 5.02 Å². The summed E-state index contributed by atoms with van der Waals surface area (Å²) in [6, 6.07) is 17.8. The maximum atomic E-state index is 12.5. The van der Waals surface area contributed by atoms with Crippen molar-refractivity contribution >= 4 is 27.6 Å². The summed E-state index contributed by atoms with van der Waals surface area (Å²) in [4.78, 5) is 17.6. The second kappa shape index (κ2) is 12.6. The van der Waals surface area contributed by atoms with Crippen LogP contribution in [0.25, 0.3) is 0 Å². The Morgan fingerprint density at radius 3 is 2.41 bits per heavy atom. The number of nitrogens with zero attached hydrogens (tertiary/aromatic N) is 2. The average molecular weight is 502 g/mol. The Labute approximate surface area is 205 Å². The molecule has 1 aromatic heterocycles. The third kappa shape index (κ3) is 8.22. The van der Waals surface area contributed by atoms with Gasteiger partial charge < -0.3 is 5.11 Å². The molecule has 0 unspecified atom stereocenters. The maximum Gasteiger partial charge on any atom is 0.303 e. The summed E-state index contributed by atoms with van der Waals surface area (Å²) in [5.74, 6) is -0.824. The topological polar surface area (TPSA) is 99.6 Å². The minimum atomic E-state index is -3.61. The van der Waals surface area contributed by atoms with Gasteiger partial charge in [-0.2, -0.15) is 0 Å². The largest absolute Gasteiger partial charge is 0.481 e. The zero-order valence-corrected chi connectivity index (χ0v) is 20.3. The Bertz CT molecular complexity index is 1170. The predicted octanol–water partition coefficient (Wildman–Crippen LogP) is 4.12. The number of carbonyl (C=O) groups is 1. The van der Waals surface area contributed by atoms with Crippen molar-refractivity contribution in [3.8, 4) is 0 Å². The molecule has 0 saturated carbocycles. The summed E-state index contributed by atoms with van der Waals surface area (Å²) in [5.41, 5.74) is 3.12. The van der Waals surface area contributed by atoms with Crippen molar-refractivity contribution < 1.29 is 18.3 Å². The van der Waals surface area contributed by atoms with E-state index in [2.05, 4.69) is 14.6 Å². The third-order valence-corrected chi connectivity index (χ3v) is 7.05. The number of pyridine rings is 1. The van der Waals surface area contributed by atoms with Crippen molar-refractivity contribution in [2.45, 2.75) is 37.2 Å². The Morgan fingerprint density at radius 1 is 1.00 bits per heavy atom. The molecule has 1 heterocycles. The Kier molecular flexibility index (Phi) is 9.59. The number of nitrogens with one attached hydrogen (secondary N) is 1. The van der Waals surface area contributed by atoms with Gasteiger partial charge in [0.05, 0.1) is 4.90 Å². The molecular weight excluding hydrogens is 474 g/mol. The van der Waals surface area contributed by atoms with E-state index in [-0.39, 0.29) is 17.9 Å². The first-order valence-corrected chi connectivity index (χ1v) is 12.8. The molecule has 0 bridgehead atoms. The molecule has 2 aromatic carbocycles. The summed E-state index contributed by atoms with van der Waals surface area (Å²) in [7, 11) is -3.61. The highest BCUT2D eigenvalue weighted by Gasteiger charge is 2.15. The van der Waals surface area contributed by atoms with Gasteiger partial charge in [0.1, 0.15) is 0 Å². The van der Waals surface area contributed by atoms with E-state index >= 15 is 0 Å². The molecule has 0 saturated heterocycles. The van der Waals surface area contributed by atoms with Crippen molar-refractivity contribution in [2.24, 2.45) is 0 Å². The molecule has 2 N–H and O–H groups in total. The highest BCUT2D eigenvalue weighted by molar-refractivity contribution is 7.89. The van der Waals surface area contributed by atoms with Gasteiger partial charge in [0.25, 0.3) is 0 Å². The first kappa shape index (κ1) is 25.8. The van der Waals surface area contributed by atoms with Crippen molar-refractivity contribution in [3.63, 3.8) is 0 Å². The van der Waals surface area contributed by atoms with Crippen LogP contribution in [0.4, 0.5) is 0 Å². The maximum absolute atomic E-state index is 12.5. The van der Waals surface area contributed by atoms with Crippen LogP contribution in [0.3, 0.4) is 0 Å². The molecule has 0 aliphatic rings. The fourth-order valence-corrected chi connectivity index (χ4v) is 4.81. The number of aliphatic carboxylic acids is 1. The quantitative estimate of drug-likeness (QED) is 0.342. The monoisotopic (exact) mass is 501 g/mol. The van der Waals surface area contributed by atoms with Crippen LogP contribution in [-0.4, -0.2) is 42.5 Å². The van der Waals surface area contributed by atoms with Gasteiger partial charge in [-0.05, 0) is 59.9 Å². The molecule has 9 heteroatoms. The number of aryl methyl sites for hydroxylation is 1. The molecular formula is C25H28ClN3O4S. The molecule has 0 aliphatic carbocycles. The van der Waals surface area contributed by atoms with Gasteiger partial charge in [-0.25, -0.2) is 13.1 Å². The number of hydrogen-bond acceptors (Lipinski definition) is 5. The van der Waals surface area contributed by atoms with Gasteiger partial charge in [0.2, 0.25) is 10.0 Å². The molecule has 3 aromatic rings. The lowest BCUT2D eigenvalue weighted by molar-refractivity contribution is -0.136. The van der Waals surface area contributed by atoms with Gasteiger partial charge in [-0.1, -0.05) is 41.9 Å². The minimum Gasteiger partial charge on any atom is -0.481 e. The normalized spacial score (nSPS) is 11.6. The van der Waals surface area contributed by atoms with Crippen LogP contribution in [-0.2, 0) is 34.3 Å². The Morgan fingerprint density at radius 2 is 1.74 bits per heavy atom. The fourth-order valence-electron chi connectivity index (χ4n) is 3.61. The van der Waals surface area contributed by atoms with E-state index in [9.17, 15) is 13.2 Å². The SMILES string of the molecule is O=C(O)CCc1ccccc1CN(CCCNS(=O)(=O)c1ccc(Cl)cc1)Cc1cccnc1. The minimum absolute atomic E-state index is 0.0755. The van der Waals surface area contributed by atoms with Gasteiger partial charge in [0, 0.05) is 50.0 Å². The number of sulfonamides is 1. The lowest BCUT2D eigenvalue weighted by Gasteiger charge is -2.24. The van der Waals surface area contributed by atoms with E-state index < -0.39 is 16.0 Å². The summed E-state index contributed by atoms with van der Waals surface area (Å²) in [6.07, 6.45) is 4.68. The summed E-state index contributed by atoms with van der Waals surface area (Å²) < 4.78 is 27.7. The standard InChI is InChI=1S/C25H28ClN3O4S/c26-23-9-11-24(12-10-23)34(32,33)28-15-4-16-29(18-20-5-3-14-27-17-20)19-22-7-2-1-6-21(22)8-13-25(30)31/h1-3,5-7,9-12,14,17,28H,4,8,13,15-16,18-19H2,(H,30,31). The van der Waals surface area contributed by atoms with E-state index in [0.717, 1.165) is 16.7 Å². The van der Waals surface area contributed by atoms with Gasteiger partial charge in [-0.15, -0.1) is 0 Å². The number of rotatable bonds is 13. The highest BCUT2D eigenvalue weighted by atomic mass is 35.5. The molecule has 180 valence electrons. The van der Waals surface area contributed by atoms with Crippen molar-refractivity contribution in [2.75, 3.05) is 13.1 Å². The number of carboxylic acid groups (broad SMARTS) is 1. The van der Waals surface area contributed by atoms with E-state index in [1.165, 1.54) is 12.1 Å². The molecule has 0 spiro atoms. The van der Waals surface area contributed by atoms with Crippen molar-refractivity contribution in [1.29, 1.82) is 0 Å². The number of carboxylic acids is 1. The fraction of sp³-hybridized carbons (Fsp3) is 0.280. The number of benzene rings is 2. The number of aromatic nitrogens is 1. The first-order valence-electron chi connectivity index (χ1n) is 11.0. The lowest BCUT2D eigenvalue weighted by atomic mass is 10.0. The predicted molar refractivity (Wildman–Crippen MR) is 132 cm³/mol. The number of hydrogen-bond donors (Lipinski definition) is 2. The van der Waals surface area contributed by atoms with E-state index in [1.807, 2.05) is 42.6 Å². The molecule has 34 heavy (non-hydrogen) atoms. The van der Waals surface area contributed by atoms with Crippen LogP contribution in [0.5, 0.6) is 0 Å². The Balaban J connectivity index is 1.64. The van der Waals surface area contributed by atoms with Crippen molar-refractivity contribution in [3.05, 3.63) is 94.8 Å². The van der Waals surface area contributed by atoms with E-state index in [1.54, 1.807) is 18.3 Å². The molecule has 0 radical (unpaired) electrons. The molecule has 0 aliphatic heterocycles. The van der Waals surface area contributed by atoms with Crippen molar-refractivity contribution in [1.82, 2.24) is 14.6 Å². The summed E-state index contributed by atoms with van der Waals surface area (Å²) >= 11 is 5.85. The molecule has 0 fully saturated rings. The average Bonchev–Trinajstić information content (AvgIpc) is 2.82. The smallest absolute Gasteiger partial charge is 0.303 e. The first-order chi connectivity index (χ1) is 16.3. The molecule has 7 nitrogen and oxygen atoms in total. The zero-order chi connectivity index (χ0) is 24.4. The molecule has 0 atom stereocenters. The van der Waals surface area contributed by atoms with E-state index in [0.29, 0.717) is 37.5 Å². The lowest BCUT2D eigenvalue weighted by Crippen LogP contribution is -2.30. The second-order valence-corrected chi connectivity index (χ2v) is 10.1. The Hall–Kier alpha value is -2.78. The highest BCUT2D eigenvalue weighted by Crippen LogP contribution is 2.17. The van der Waals surface area contributed by atoms with Crippen LogP contribution in [0, 0.1) is 0 Å². The van der Waals surface area contributed by atoms with Crippen LogP contribution in [0.15, 0.2) is 78.0 Å². The van der Waals surface area contributed by atoms with Crippen LogP contribution in [0.1, 0.15) is 29.5 Å².